The van der Waals surface area contributed by atoms with E-state index in [-0.39, 0.29) is 17.8 Å². The smallest absolute Gasteiger partial charge is 0.348 e. The average molecular weight is 319 g/mol. The highest BCUT2D eigenvalue weighted by molar-refractivity contribution is 5.93. The molecule has 0 bridgehead atoms. The Balaban J connectivity index is 2.35. The number of ether oxygens (including phenoxy) is 2. The molecule has 1 saturated heterocycles. The van der Waals surface area contributed by atoms with Crippen LogP contribution in [0.2, 0.25) is 0 Å². The Kier molecular flexibility index (Phi) is 5.97. The average Bonchev–Trinajstić information content (AvgIpc) is 3.08. The molecule has 1 fully saturated rings. The van der Waals surface area contributed by atoms with Gasteiger partial charge in [-0.25, -0.2) is 4.79 Å². The van der Waals surface area contributed by atoms with E-state index in [1.807, 2.05) is 6.07 Å². The van der Waals surface area contributed by atoms with Crippen molar-refractivity contribution in [3.8, 4) is 6.07 Å². The van der Waals surface area contributed by atoms with Crippen molar-refractivity contribution in [3.05, 3.63) is 22.9 Å². The lowest BCUT2D eigenvalue weighted by Crippen LogP contribution is -3.08. The van der Waals surface area contributed by atoms with Crippen molar-refractivity contribution in [2.24, 2.45) is 0 Å². The van der Waals surface area contributed by atoms with E-state index >= 15 is 0 Å². The first kappa shape index (κ1) is 17.7. The number of hydrogen-bond donors (Lipinski definition) is 1. The van der Waals surface area contributed by atoms with Crippen molar-refractivity contribution in [1.82, 2.24) is 0 Å². The highest BCUT2D eigenvalue weighted by Crippen LogP contribution is 2.30. The molecule has 2 heterocycles. The number of esters is 1. The molecule has 0 spiro atoms. The molecular weight excluding hydrogens is 292 g/mol. The van der Waals surface area contributed by atoms with Crippen LogP contribution in [0.1, 0.15) is 46.5 Å². The van der Waals surface area contributed by atoms with Gasteiger partial charge in [0.15, 0.2) is 0 Å². The molecular formula is C18H27N2O3+. The maximum absolute atomic E-state index is 11.9. The number of nitrogens with zero attached hydrogens (tertiary/aromatic N) is 1. The summed E-state index contributed by atoms with van der Waals surface area (Å²) in [6, 6.07) is 1.97. The summed E-state index contributed by atoms with van der Waals surface area (Å²) in [4.78, 5) is 13.3. The summed E-state index contributed by atoms with van der Waals surface area (Å²) in [6.07, 6.45) is 5.93. The first-order valence-electron chi connectivity index (χ1n) is 8.53. The zero-order valence-electron chi connectivity index (χ0n) is 14.4. The molecule has 2 rings (SSSR count). The predicted octanol–water partition coefficient (Wildman–Crippen LogP) is 1.52. The van der Waals surface area contributed by atoms with Crippen LogP contribution < -0.4 is 4.90 Å². The van der Waals surface area contributed by atoms with Crippen LogP contribution in [0.3, 0.4) is 0 Å². The Hall–Kier alpha value is -1.64. The summed E-state index contributed by atoms with van der Waals surface area (Å²) < 4.78 is 11.0. The molecule has 1 atom stereocenters. The van der Waals surface area contributed by atoms with Gasteiger partial charge in [-0.15, -0.1) is 0 Å². The summed E-state index contributed by atoms with van der Waals surface area (Å²) >= 11 is 0. The molecule has 0 aromatic rings. The van der Waals surface area contributed by atoms with Crippen LogP contribution in [0.4, 0.5) is 0 Å². The summed E-state index contributed by atoms with van der Waals surface area (Å²) in [5.74, 6) is -0.554. The fourth-order valence-corrected chi connectivity index (χ4v) is 3.21. The topological polar surface area (TPSA) is 63.8 Å². The molecule has 2 aliphatic rings. The number of nitriles is 1. The Labute approximate surface area is 138 Å². The largest absolute Gasteiger partial charge is 0.462 e. The third-order valence-electron chi connectivity index (χ3n) is 4.83. The number of nitrogens with one attached hydrogen (secondary N) is 1. The first-order valence-corrected chi connectivity index (χ1v) is 8.53. The van der Waals surface area contributed by atoms with Crippen molar-refractivity contribution in [2.45, 2.75) is 52.1 Å². The summed E-state index contributed by atoms with van der Waals surface area (Å²) in [7, 11) is 0. The molecule has 0 aromatic carbocycles. The van der Waals surface area contributed by atoms with Crippen molar-refractivity contribution in [2.75, 3.05) is 26.3 Å². The fourth-order valence-electron chi connectivity index (χ4n) is 3.21. The van der Waals surface area contributed by atoms with E-state index in [1.165, 1.54) is 23.4 Å². The molecule has 0 amide bonds. The highest BCUT2D eigenvalue weighted by atomic mass is 16.5. The van der Waals surface area contributed by atoms with Crippen molar-refractivity contribution < 1.29 is 19.2 Å². The van der Waals surface area contributed by atoms with Crippen LogP contribution in [-0.4, -0.2) is 37.9 Å². The molecule has 0 radical (unpaired) electrons. The van der Waals surface area contributed by atoms with Gasteiger partial charge in [-0.2, -0.15) is 5.26 Å². The lowest BCUT2D eigenvalue weighted by atomic mass is 9.90. The van der Waals surface area contributed by atoms with Gasteiger partial charge in [0.1, 0.15) is 17.3 Å². The SMILES string of the molecule is CCOC(=O)C(C#N)=CC1=C([NH+]2CCCC2)CC(C)(CC)OC1. The van der Waals surface area contributed by atoms with Gasteiger partial charge in [0.05, 0.1) is 38.3 Å². The maximum atomic E-state index is 11.9. The Bertz CT molecular complexity index is 553. The Morgan fingerprint density at radius 2 is 2.13 bits per heavy atom. The third kappa shape index (κ3) is 4.21. The summed E-state index contributed by atoms with van der Waals surface area (Å²) in [5, 5.41) is 9.26. The van der Waals surface area contributed by atoms with E-state index in [0.29, 0.717) is 6.61 Å². The minimum absolute atomic E-state index is 0.0571. The van der Waals surface area contributed by atoms with Crippen LogP contribution in [-0.2, 0) is 14.3 Å². The molecule has 0 saturated carbocycles. The molecule has 0 aromatic heterocycles. The zero-order valence-corrected chi connectivity index (χ0v) is 14.4. The van der Waals surface area contributed by atoms with Crippen molar-refractivity contribution in [3.63, 3.8) is 0 Å². The van der Waals surface area contributed by atoms with Crippen molar-refractivity contribution in [1.29, 1.82) is 5.26 Å². The van der Waals surface area contributed by atoms with Crippen LogP contribution in [0.5, 0.6) is 0 Å². The van der Waals surface area contributed by atoms with E-state index < -0.39 is 5.97 Å². The summed E-state index contributed by atoms with van der Waals surface area (Å²) in [5.41, 5.74) is 2.17. The molecule has 23 heavy (non-hydrogen) atoms. The zero-order chi connectivity index (χ0) is 16.9. The second kappa shape index (κ2) is 7.76. The number of likely N-dealkylation sites (tertiary alicyclic amines) is 1. The van der Waals surface area contributed by atoms with Gasteiger partial charge in [-0.1, -0.05) is 6.92 Å². The highest BCUT2D eigenvalue weighted by Gasteiger charge is 2.36. The van der Waals surface area contributed by atoms with E-state index in [4.69, 9.17) is 9.47 Å². The molecule has 126 valence electrons. The second-order valence-electron chi connectivity index (χ2n) is 6.47. The van der Waals surface area contributed by atoms with Gasteiger partial charge in [-0.05, 0) is 26.3 Å². The van der Waals surface area contributed by atoms with Crippen molar-refractivity contribution >= 4 is 5.97 Å². The second-order valence-corrected chi connectivity index (χ2v) is 6.47. The van der Waals surface area contributed by atoms with Gasteiger partial charge in [0.25, 0.3) is 0 Å². The van der Waals surface area contributed by atoms with Gasteiger partial charge < -0.3 is 14.4 Å². The standard InChI is InChI=1S/C18H26N2O3/c1-4-18(3)11-16(20-8-6-7-9-20)15(13-23-18)10-14(12-19)17(21)22-5-2/h10H,4-9,11,13H2,1-3H3/p+1. The van der Waals surface area contributed by atoms with Gasteiger partial charge in [0.2, 0.25) is 0 Å². The minimum atomic E-state index is -0.554. The molecule has 5 nitrogen and oxygen atoms in total. The lowest BCUT2D eigenvalue weighted by Gasteiger charge is -2.36. The van der Waals surface area contributed by atoms with Gasteiger partial charge in [0, 0.05) is 18.4 Å². The molecule has 0 aliphatic carbocycles. The van der Waals surface area contributed by atoms with Crippen LogP contribution in [0.15, 0.2) is 22.9 Å². The lowest BCUT2D eigenvalue weighted by molar-refractivity contribution is -0.850. The normalized spacial score (nSPS) is 26.3. The van der Waals surface area contributed by atoms with Gasteiger partial charge in [-0.3, -0.25) is 0 Å². The van der Waals surface area contributed by atoms with E-state index in [2.05, 4.69) is 13.8 Å². The Morgan fingerprint density at radius 3 is 2.70 bits per heavy atom. The third-order valence-corrected chi connectivity index (χ3v) is 4.83. The molecule has 2 aliphatic heterocycles. The van der Waals surface area contributed by atoms with E-state index in [9.17, 15) is 10.1 Å². The van der Waals surface area contributed by atoms with E-state index in [0.717, 1.165) is 31.5 Å². The number of carbonyl (C=O) groups excluding carboxylic acids is 1. The Morgan fingerprint density at radius 1 is 1.43 bits per heavy atom. The number of hydrogen-bond acceptors (Lipinski definition) is 4. The number of quaternary nitrogens is 1. The van der Waals surface area contributed by atoms with E-state index in [1.54, 1.807) is 13.0 Å². The van der Waals surface area contributed by atoms with Crippen LogP contribution >= 0.6 is 0 Å². The van der Waals surface area contributed by atoms with Crippen LogP contribution in [0.25, 0.3) is 0 Å². The first-order chi connectivity index (χ1) is 11.0. The fraction of sp³-hybridized carbons (Fsp3) is 0.667. The molecule has 5 heteroatoms. The predicted molar refractivity (Wildman–Crippen MR) is 86.6 cm³/mol. The molecule has 1 unspecified atom stereocenters. The number of carbonyl (C=O) groups is 1. The maximum Gasteiger partial charge on any atom is 0.348 e. The van der Waals surface area contributed by atoms with Gasteiger partial charge >= 0.3 is 5.97 Å². The monoisotopic (exact) mass is 319 g/mol. The molecule has 1 N–H and O–H groups in total. The quantitative estimate of drug-likeness (QED) is 0.474. The number of rotatable bonds is 5. The minimum Gasteiger partial charge on any atom is -0.462 e. The van der Waals surface area contributed by atoms with Crippen LogP contribution in [0, 0.1) is 11.3 Å². The summed E-state index contributed by atoms with van der Waals surface area (Å²) in [6.45, 7) is 8.97.